The van der Waals surface area contributed by atoms with Crippen LogP contribution in [0.4, 0.5) is 0 Å². The van der Waals surface area contributed by atoms with Gasteiger partial charge in [-0.2, -0.15) is 0 Å². The van der Waals surface area contributed by atoms with E-state index in [-0.39, 0.29) is 110 Å². The van der Waals surface area contributed by atoms with Crippen molar-refractivity contribution in [2.75, 3.05) is 72.5 Å². The van der Waals surface area contributed by atoms with E-state index < -0.39 is 72.2 Å². The second-order valence-electron chi connectivity index (χ2n) is 19.0. The number of unbranched alkanes of at least 4 members (excludes halogenated alkanes) is 15. The lowest BCUT2D eigenvalue weighted by Gasteiger charge is -2.17. The van der Waals surface area contributed by atoms with Gasteiger partial charge in [0, 0.05) is 45.3 Å². The van der Waals surface area contributed by atoms with Crippen molar-refractivity contribution in [2.24, 2.45) is 5.92 Å². The highest BCUT2D eigenvalue weighted by atomic mass is 16.5. The summed E-state index contributed by atoms with van der Waals surface area (Å²) in [6, 6.07) is -3.93. The maximum absolute atomic E-state index is 12.5. The summed E-state index contributed by atoms with van der Waals surface area (Å²) in [4.78, 5) is 108. The summed E-state index contributed by atoms with van der Waals surface area (Å²) in [6.45, 7) is 7.39. The molecule has 0 aromatic carbocycles. The summed E-state index contributed by atoms with van der Waals surface area (Å²) in [5, 5.41) is 43.6. The van der Waals surface area contributed by atoms with E-state index in [0.29, 0.717) is 13.0 Å². The first-order valence-electron chi connectivity index (χ1n) is 27.2. The highest BCUT2D eigenvalue weighted by molar-refractivity contribution is 5.87. The molecule has 0 saturated heterocycles. The lowest BCUT2D eigenvalue weighted by atomic mass is 10.0. The van der Waals surface area contributed by atoms with Gasteiger partial charge in [0.05, 0.1) is 39.6 Å². The molecule has 22 nitrogen and oxygen atoms in total. The fourth-order valence-electron chi connectivity index (χ4n) is 7.45. The number of amides is 6. The fourth-order valence-corrected chi connectivity index (χ4v) is 7.45. The molecule has 6 amide bonds. The molecule has 0 bridgehead atoms. The molecule has 9 N–H and O–H groups in total. The molecule has 0 saturated carbocycles. The van der Waals surface area contributed by atoms with Gasteiger partial charge < -0.3 is 66.2 Å². The number of ether oxygens (including phenoxy) is 4. The lowest BCUT2D eigenvalue weighted by Crippen LogP contribution is -2.44. The first-order chi connectivity index (χ1) is 35.5. The zero-order valence-corrected chi connectivity index (χ0v) is 44.9. The van der Waals surface area contributed by atoms with Gasteiger partial charge in [-0.25, -0.2) is 14.4 Å². The van der Waals surface area contributed by atoms with E-state index >= 15 is 0 Å². The Morgan fingerprint density at radius 1 is 0.351 bits per heavy atom. The summed E-state index contributed by atoms with van der Waals surface area (Å²) >= 11 is 0. The smallest absolute Gasteiger partial charge is 0.326 e. The van der Waals surface area contributed by atoms with Crippen LogP contribution in [0.15, 0.2) is 0 Å². The second-order valence-corrected chi connectivity index (χ2v) is 19.0. The topological polar surface area (TPSA) is 323 Å². The van der Waals surface area contributed by atoms with Crippen molar-refractivity contribution in [3.63, 3.8) is 0 Å². The van der Waals surface area contributed by atoms with Gasteiger partial charge in [0.25, 0.3) is 0 Å². The predicted octanol–water partition coefficient (Wildman–Crippen LogP) is 4.54. The Bertz CT molecular complexity index is 1570. The van der Waals surface area contributed by atoms with Crippen LogP contribution in [0, 0.1) is 5.92 Å². The third-order valence-corrected chi connectivity index (χ3v) is 11.8. The van der Waals surface area contributed by atoms with Crippen molar-refractivity contribution in [2.45, 2.75) is 199 Å². The Kier molecular flexibility index (Phi) is 44.6. The monoisotopic (exact) mass is 1060 g/mol. The average Bonchev–Trinajstić information content (AvgIpc) is 3.35. The van der Waals surface area contributed by atoms with Crippen LogP contribution in [0.25, 0.3) is 0 Å². The molecule has 3 atom stereocenters. The van der Waals surface area contributed by atoms with Crippen molar-refractivity contribution in [1.29, 1.82) is 0 Å². The molecule has 0 heterocycles. The van der Waals surface area contributed by atoms with Crippen molar-refractivity contribution >= 4 is 53.4 Å². The number of aliphatic carboxylic acids is 3. The van der Waals surface area contributed by atoms with Gasteiger partial charge in [0.2, 0.25) is 35.4 Å². The minimum absolute atomic E-state index is 0.0391. The number of carboxylic acid groups (broad SMARTS) is 3. The molecule has 0 aromatic rings. The summed E-state index contributed by atoms with van der Waals surface area (Å²) in [5.74, 6) is -6.06. The van der Waals surface area contributed by atoms with Gasteiger partial charge >= 0.3 is 17.9 Å². The van der Waals surface area contributed by atoms with Crippen LogP contribution in [-0.4, -0.2) is 159 Å². The van der Waals surface area contributed by atoms with Gasteiger partial charge in [0.1, 0.15) is 31.3 Å². The summed E-state index contributed by atoms with van der Waals surface area (Å²) < 4.78 is 21.2. The SMILES string of the molecule is CCCCCNC(=O)CC[C@H](NC(=O)COCCOCCNC(=O)COCCOCCNC(=O)CC[C@H](NC(=O)CC[C@H](NC(=O)CCCCCCCCCCCCCCCCC(C)C)C(=O)O)C(=O)O)C(=O)O. The van der Waals surface area contributed by atoms with E-state index in [0.717, 1.165) is 44.4 Å². The standard InChI is InChI=1S/C52H94N6O16/c1-4-5-20-29-53-44(59)26-24-43(52(69)70)58-49(64)39-74-37-35-72-33-31-55-48(63)38-73-36-34-71-32-30-54-45(60)27-23-41(50(65)66)57-47(62)28-25-42(51(67)68)56-46(61)22-19-17-15-13-11-9-7-6-8-10-12-14-16-18-21-40(2)3/h40-43H,4-39H2,1-3H3,(H,53,59)(H,54,60)(H,55,63)(H,56,61)(H,57,62)(H,58,64)(H,65,66)(H,67,68)(H,69,70)/t41-,42-,43-/m0/s1. The fraction of sp³-hybridized carbons (Fsp3) is 0.827. The molecule has 22 heteroatoms. The van der Waals surface area contributed by atoms with Crippen molar-refractivity contribution in [1.82, 2.24) is 31.9 Å². The molecule has 0 aliphatic carbocycles. The van der Waals surface area contributed by atoms with E-state index in [1.807, 2.05) is 6.92 Å². The molecule has 0 fully saturated rings. The highest BCUT2D eigenvalue weighted by Gasteiger charge is 2.25. The first-order valence-corrected chi connectivity index (χ1v) is 27.2. The van der Waals surface area contributed by atoms with E-state index in [1.54, 1.807) is 0 Å². The van der Waals surface area contributed by atoms with Gasteiger partial charge in [-0.3, -0.25) is 28.8 Å². The van der Waals surface area contributed by atoms with Gasteiger partial charge in [-0.05, 0) is 38.0 Å². The molecule has 0 aromatic heterocycles. The third-order valence-electron chi connectivity index (χ3n) is 11.8. The molecule has 428 valence electrons. The van der Waals surface area contributed by atoms with E-state index in [4.69, 9.17) is 18.9 Å². The summed E-state index contributed by atoms with van der Waals surface area (Å²) in [5.41, 5.74) is 0. The molecule has 0 aliphatic rings. The Balaban J connectivity index is 3.99. The molecule has 0 radical (unpaired) electrons. The molecule has 74 heavy (non-hydrogen) atoms. The number of hydrogen-bond donors (Lipinski definition) is 9. The average molecular weight is 1060 g/mol. The van der Waals surface area contributed by atoms with Crippen LogP contribution in [-0.2, 0) is 62.1 Å². The zero-order valence-electron chi connectivity index (χ0n) is 44.9. The maximum atomic E-state index is 12.5. The van der Waals surface area contributed by atoms with Crippen LogP contribution in [0.1, 0.15) is 181 Å². The van der Waals surface area contributed by atoms with Crippen LogP contribution in [0.3, 0.4) is 0 Å². The minimum atomic E-state index is -1.39. The molecular formula is C52H94N6O16. The third kappa shape index (κ3) is 44.5. The number of rotatable bonds is 52. The largest absolute Gasteiger partial charge is 0.480 e. The number of carbonyl (C=O) groups excluding carboxylic acids is 6. The highest BCUT2D eigenvalue weighted by Crippen LogP contribution is 2.15. The Labute approximate surface area is 439 Å². The van der Waals surface area contributed by atoms with Crippen molar-refractivity contribution in [3.8, 4) is 0 Å². The number of carboxylic acids is 3. The molecule has 0 spiro atoms. The van der Waals surface area contributed by atoms with Crippen LogP contribution in [0.2, 0.25) is 0 Å². The Morgan fingerprint density at radius 2 is 0.703 bits per heavy atom. The predicted molar refractivity (Wildman–Crippen MR) is 277 cm³/mol. The van der Waals surface area contributed by atoms with Crippen molar-refractivity contribution < 1.29 is 77.4 Å². The number of carbonyl (C=O) groups is 9. The zero-order chi connectivity index (χ0) is 55.0. The number of nitrogens with one attached hydrogen (secondary N) is 6. The molecule has 0 unspecified atom stereocenters. The normalized spacial score (nSPS) is 12.3. The lowest BCUT2D eigenvalue weighted by molar-refractivity contribution is -0.143. The number of hydrogen-bond acceptors (Lipinski definition) is 13. The molecular weight excluding hydrogens is 965 g/mol. The summed E-state index contributed by atoms with van der Waals surface area (Å²) in [6.07, 6.45) is 19.8. The minimum Gasteiger partial charge on any atom is -0.480 e. The Morgan fingerprint density at radius 3 is 1.14 bits per heavy atom. The maximum Gasteiger partial charge on any atom is 0.326 e. The van der Waals surface area contributed by atoms with Crippen molar-refractivity contribution in [3.05, 3.63) is 0 Å². The molecule has 0 rings (SSSR count). The quantitative estimate of drug-likeness (QED) is 0.0378. The van der Waals surface area contributed by atoms with Crippen LogP contribution >= 0.6 is 0 Å². The second kappa shape index (κ2) is 47.8. The van der Waals surface area contributed by atoms with Crippen LogP contribution < -0.4 is 31.9 Å². The van der Waals surface area contributed by atoms with E-state index in [1.165, 1.54) is 70.6 Å². The Hall–Kier alpha value is -4.93. The van der Waals surface area contributed by atoms with Gasteiger partial charge in [-0.15, -0.1) is 0 Å². The van der Waals surface area contributed by atoms with Crippen LogP contribution in [0.5, 0.6) is 0 Å². The van der Waals surface area contributed by atoms with E-state index in [2.05, 4.69) is 45.7 Å². The summed E-state index contributed by atoms with van der Waals surface area (Å²) in [7, 11) is 0. The molecule has 0 aliphatic heterocycles. The van der Waals surface area contributed by atoms with Gasteiger partial charge in [0.15, 0.2) is 0 Å². The first kappa shape index (κ1) is 69.1. The van der Waals surface area contributed by atoms with Gasteiger partial charge in [-0.1, -0.05) is 124 Å². The van der Waals surface area contributed by atoms with E-state index in [9.17, 15) is 58.5 Å².